The molecule has 8 N–H and O–H groups in total. The summed E-state index contributed by atoms with van der Waals surface area (Å²) < 4.78 is 14.9. The van der Waals surface area contributed by atoms with Crippen LogP contribution in [0.25, 0.3) is 0 Å². The summed E-state index contributed by atoms with van der Waals surface area (Å²) in [6.07, 6.45) is -15.0. The highest BCUT2D eigenvalue weighted by Gasteiger charge is 2.47. The maximum atomic E-state index is 9.88. The van der Waals surface area contributed by atoms with Crippen LogP contribution in [-0.2, 0) is 14.2 Å². The first-order valence-corrected chi connectivity index (χ1v) is 7.07. The van der Waals surface area contributed by atoms with E-state index in [4.69, 9.17) is 19.3 Å². The fraction of sp³-hybridized carbons (Fsp3) is 1.00. The third-order valence-electron chi connectivity index (χ3n) is 3.93. The van der Waals surface area contributed by atoms with Crippen LogP contribution < -0.4 is 0 Å². The number of ether oxygens (including phenoxy) is 3. The van der Waals surface area contributed by atoms with Crippen LogP contribution in [-0.4, -0.2) is 115 Å². The Morgan fingerprint density at radius 3 is 2.00 bits per heavy atom. The van der Waals surface area contributed by atoms with E-state index in [1.807, 2.05) is 0 Å². The minimum Gasteiger partial charge on any atom is -0.394 e. The lowest BCUT2D eigenvalue weighted by atomic mass is 9.99. The van der Waals surface area contributed by atoms with Crippen molar-refractivity contribution >= 4 is 0 Å². The van der Waals surface area contributed by atoms with Crippen molar-refractivity contribution in [2.75, 3.05) is 13.2 Å². The first-order chi connectivity index (χ1) is 10.8. The van der Waals surface area contributed by atoms with E-state index in [0.717, 1.165) is 0 Å². The van der Waals surface area contributed by atoms with Crippen molar-refractivity contribution in [1.82, 2.24) is 0 Å². The van der Waals surface area contributed by atoms with E-state index < -0.39 is 74.6 Å². The van der Waals surface area contributed by atoms with Crippen LogP contribution in [0.15, 0.2) is 0 Å². The molecule has 2 saturated heterocycles. The van der Waals surface area contributed by atoms with Crippen LogP contribution in [0.5, 0.6) is 0 Å². The second kappa shape index (κ2) is 7.63. The summed E-state index contributed by atoms with van der Waals surface area (Å²) in [5, 5.41) is 76.1. The molecule has 11 heteroatoms. The predicted octanol–water partition coefficient (Wildman–Crippen LogP) is -5.40. The quantitative estimate of drug-likeness (QED) is 0.238. The maximum Gasteiger partial charge on any atom is 0.186 e. The topological polar surface area (TPSA) is 190 Å². The van der Waals surface area contributed by atoms with Crippen molar-refractivity contribution in [2.45, 2.75) is 61.4 Å². The van der Waals surface area contributed by atoms with Gasteiger partial charge in [-0.3, -0.25) is 0 Å². The van der Waals surface area contributed by atoms with Gasteiger partial charge in [-0.25, -0.2) is 0 Å². The Balaban J connectivity index is 1.89. The highest BCUT2D eigenvalue weighted by molar-refractivity contribution is 4.91. The lowest BCUT2D eigenvalue weighted by Gasteiger charge is -2.40. The Labute approximate surface area is 130 Å². The van der Waals surface area contributed by atoms with Crippen LogP contribution in [0.3, 0.4) is 0 Å². The summed E-state index contributed by atoms with van der Waals surface area (Å²) in [6, 6.07) is 0. The molecule has 0 aromatic carbocycles. The number of aliphatic hydroxyl groups excluding tert-OH is 8. The van der Waals surface area contributed by atoms with Crippen molar-refractivity contribution in [3.8, 4) is 0 Å². The average molecular weight is 342 g/mol. The molecule has 1 unspecified atom stereocenters. The van der Waals surface area contributed by atoms with E-state index in [2.05, 4.69) is 0 Å². The van der Waals surface area contributed by atoms with Gasteiger partial charge < -0.3 is 55.1 Å². The molecule has 0 bridgehead atoms. The summed E-state index contributed by atoms with van der Waals surface area (Å²) in [4.78, 5) is 0. The van der Waals surface area contributed by atoms with Gasteiger partial charge in [-0.05, 0) is 0 Å². The summed E-state index contributed by atoms with van der Waals surface area (Å²) in [7, 11) is 0. The molecule has 10 atom stereocenters. The zero-order valence-electron chi connectivity index (χ0n) is 12.0. The molecule has 136 valence electrons. The van der Waals surface area contributed by atoms with Crippen LogP contribution in [0.2, 0.25) is 0 Å². The first kappa shape index (κ1) is 18.9. The normalized spacial score (nSPS) is 49.3. The highest BCUT2D eigenvalue weighted by Crippen LogP contribution is 2.25. The lowest BCUT2D eigenvalue weighted by Crippen LogP contribution is -2.59. The third kappa shape index (κ3) is 3.81. The standard InChI is InChI=1S/C12H22O11/c13-1-4-5(15)6(16)9(19)12(22-4)21-2-3(14)10-7(17)8(18)11(20)23-10/h3-20H,1-2H2/t3-,4-,5-,6+,7-,8-,9-,10-,11?,12-/m1/s1. The van der Waals surface area contributed by atoms with Crippen LogP contribution in [0.1, 0.15) is 0 Å². The Kier molecular flexibility index (Phi) is 6.27. The Hall–Kier alpha value is -0.440. The van der Waals surface area contributed by atoms with Gasteiger partial charge in [-0.1, -0.05) is 0 Å². The Bertz CT molecular complexity index is 380. The van der Waals surface area contributed by atoms with Crippen LogP contribution >= 0.6 is 0 Å². The molecular weight excluding hydrogens is 320 g/mol. The fourth-order valence-corrected chi connectivity index (χ4v) is 2.50. The van der Waals surface area contributed by atoms with Crippen molar-refractivity contribution in [3.05, 3.63) is 0 Å². The molecule has 0 spiro atoms. The second-order valence-electron chi connectivity index (χ2n) is 5.57. The highest BCUT2D eigenvalue weighted by atomic mass is 16.7. The molecule has 23 heavy (non-hydrogen) atoms. The molecular formula is C12H22O11. The molecule has 11 nitrogen and oxygen atoms in total. The monoisotopic (exact) mass is 342 g/mol. The molecule has 0 saturated carbocycles. The van der Waals surface area contributed by atoms with Crippen molar-refractivity contribution in [1.29, 1.82) is 0 Å². The molecule has 2 rings (SSSR count). The average Bonchev–Trinajstić information content (AvgIpc) is 2.79. The van der Waals surface area contributed by atoms with Gasteiger partial charge in [0, 0.05) is 0 Å². The minimum absolute atomic E-state index is 0.538. The van der Waals surface area contributed by atoms with Gasteiger partial charge in [0.25, 0.3) is 0 Å². The van der Waals surface area contributed by atoms with E-state index in [1.165, 1.54) is 0 Å². The summed E-state index contributed by atoms with van der Waals surface area (Å²) >= 11 is 0. The molecule has 0 aromatic heterocycles. The number of hydrogen-bond acceptors (Lipinski definition) is 11. The maximum absolute atomic E-state index is 9.88. The molecule has 0 amide bonds. The number of hydrogen-bond donors (Lipinski definition) is 8. The van der Waals surface area contributed by atoms with Gasteiger partial charge in [0.15, 0.2) is 12.6 Å². The summed E-state index contributed by atoms with van der Waals surface area (Å²) in [6.45, 7) is -1.17. The molecule has 2 fully saturated rings. The van der Waals surface area contributed by atoms with Crippen molar-refractivity contribution < 1.29 is 55.1 Å². The largest absolute Gasteiger partial charge is 0.394 e. The summed E-state index contributed by atoms with van der Waals surface area (Å²) in [5.41, 5.74) is 0. The minimum atomic E-state index is -1.66. The van der Waals surface area contributed by atoms with Gasteiger partial charge in [0.2, 0.25) is 0 Å². The van der Waals surface area contributed by atoms with E-state index >= 15 is 0 Å². The van der Waals surface area contributed by atoms with E-state index in [0.29, 0.717) is 0 Å². The molecule has 0 aromatic rings. The summed E-state index contributed by atoms with van der Waals surface area (Å²) in [5.74, 6) is 0. The third-order valence-corrected chi connectivity index (χ3v) is 3.93. The zero-order chi connectivity index (χ0) is 17.3. The second-order valence-corrected chi connectivity index (χ2v) is 5.57. The molecule has 2 heterocycles. The van der Waals surface area contributed by atoms with Crippen LogP contribution in [0, 0.1) is 0 Å². The molecule has 2 aliphatic heterocycles. The van der Waals surface area contributed by atoms with Gasteiger partial charge >= 0.3 is 0 Å². The van der Waals surface area contributed by atoms with Gasteiger partial charge in [-0.15, -0.1) is 0 Å². The lowest BCUT2D eigenvalue weighted by molar-refractivity contribution is -0.306. The first-order valence-electron chi connectivity index (χ1n) is 7.07. The van der Waals surface area contributed by atoms with E-state index in [9.17, 15) is 35.7 Å². The molecule has 2 aliphatic rings. The van der Waals surface area contributed by atoms with E-state index in [1.54, 1.807) is 0 Å². The van der Waals surface area contributed by atoms with Crippen molar-refractivity contribution in [2.24, 2.45) is 0 Å². The number of rotatable bonds is 5. The van der Waals surface area contributed by atoms with E-state index in [-0.39, 0.29) is 0 Å². The Morgan fingerprint density at radius 1 is 0.826 bits per heavy atom. The number of aliphatic hydroxyl groups is 8. The molecule has 0 radical (unpaired) electrons. The zero-order valence-corrected chi connectivity index (χ0v) is 12.0. The van der Waals surface area contributed by atoms with Crippen LogP contribution in [0.4, 0.5) is 0 Å². The Morgan fingerprint density at radius 2 is 1.48 bits per heavy atom. The SMILES string of the molecule is OC[C@H]1O[C@@H](OC[C@@H](O)[C@H]2OC(O)[C@H](O)[C@H]2O)[C@H](O)[C@@H](O)[C@@H]1O. The predicted molar refractivity (Wildman–Crippen MR) is 68.6 cm³/mol. The smallest absolute Gasteiger partial charge is 0.186 e. The van der Waals surface area contributed by atoms with Crippen molar-refractivity contribution in [3.63, 3.8) is 0 Å². The van der Waals surface area contributed by atoms with Gasteiger partial charge in [0.1, 0.15) is 48.8 Å². The fourth-order valence-electron chi connectivity index (χ4n) is 2.50. The van der Waals surface area contributed by atoms with Gasteiger partial charge in [0.05, 0.1) is 13.2 Å². The van der Waals surface area contributed by atoms with Gasteiger partial charge in [-0.2, -0.15) is 0 Å². The molecule has 0 aliphatic carbocycles.